The van der Waals surface area contributed by atoms with Gasteiger partial charge in [0, 0.05) is 6.61 Å². The van der Waals surface area contributed by atoms with Crippen LogP contribution in [0.4, 0.5) is 0 Å². The molecule has 0 fully saturated rings. The number of hydrogen-bond donors (Lipinski definition) is 1. The van der Waals surface area contributed by atoms with Gasteiger partial charge in [-0.05, 0) is 46.8 Å². The first kappa shape index (κ1) is 23.4. The van der Waals surface area contributed by atoms with Crippen LogP contribution in [0.15, 0.2) is 78.0 Å². The summed E-state index contributed by atoms with van der Waals surface area (Å²) in [6.07, 6.45) is 3.91. The summed E-state index contributed by atoms with van der Waals surface area (Å²) < 4.78 is 6.82. The lowest BCUT2D eigenvalue weighted by Crippen LogP contribution is -2.66. The van der Waals surface area contributed by atoms with Gasteiger partial charge < -0.3 is 9.53 Å². The Morgan fingerprint density at radius 3 is 2.00 bits per heavy atom. The zero-order valence-electron chi connectivity index (χ0n) is 18.6. The Hall–Kier alpha value is -1.90. The molecule has 0 radical (unpaired) electrons. The fourth-order valence-corrected chi connectivity index (χ4v) is 8.44. The fourth-order valence-electron chi connectivity index (χ4n) is 3.86. The van der Waals surface area contributed by atoms with E-state index in [4.69, 9.17) is 4.43 Å². The van der Waals surface area contributed by atoms with Crippen LogP contribution in [-0.2, 0) is 4.43 Å². The minimum Gasteiger partial charge on any atom is -0.407 e. The summed E-state index contributed by atoms with van der Waals surface area (Å²) in [6, 6.07) is 21.2. The molecule has 0 saturated carbocycles. The van der Waals surface area contributed by atoms with E-state index in [1.165, 1.54) is 15.9 Å². The van der Waals surface area contributed by atoms with Crippen LogP contribution >= 0.6 is 0 Å². The van der Waals surface area contributed by atoms with Gasteiger partial charge in [0.05, 0.1) is 6.10 Å². The van der Waals surface area contributed by atoms with Crippen molar-refractivity contribution in [2.45, 2.75) is 65.0 Å². The molecule has 0 heterocycles. The maximum absolute atomic E-state index is 10.4. The Bertz CT molecular complexity index is 760. The second-order valence-electron chi connectivity index (χ2n) is 8.71. The van der Waals surface area contributed by atoms with Crippen LogP contribution in [-0.4, -0.2) is 26.1 Å². The molecule has 0 amide bonds. The van der Waals surface area contributed by atoms with Crippen molar-refractivity contribution in [1.82, 2.24) is 0 Å². The van der Waals surface area contributed by atoms with Crippen molar-refractivity contribution < 1.29 is 9.53 Å². The van der Waals surface area contributed by atoms with Crippen molar-refractivity contribution in [3.8, 4) is 0 Å². The smallest absolute Gasteiger partial charge is 0.261 e. The molecule has 0 unspecified atom stereocenters. The summed E-state index contributed by atoms with van der Waals surface area (Å²) in [7, 11) is -2.52. The lowest BCUT2D eigenvalue weighted by Gasteiger charge is -2.43. The Morgan fingerprint density at radius 1 is 1.03 bits per heavy atom. The number of aliphatic hydroxyl groups is 1. The van der Waals surface area contributed by atoms with Crippen molar-refractivity contribution in [1.29, 1.82) is 0 Å². The molecular formula is C26H36O2Si. The lowest BCUT2D eigenvalue weighted by atomic mass is 10.2. The van der Waals surface area contributed by atoms with Gasteiger partial charge in [-0.1, -0.05) is 94.8 Å². The molecule has 0 aliphatic heterocycles. The third kappa shape index (κ3) is 6.04. The van der Waals surface area contributed by atoms with Crippen molar-refractivity contribution >= 4 is 18.7 Å². The highest BCUT2D eigenvalue weighted by Crippen LogP contribution is 2.36. The normalized spacial score (nSPS) is 12.9. The molecule has 0 aromatic heterocycles. The van der Waals surface area contributed by atoms with Crippen LogP contribution in [0.3, 0.4) is 0 Å². The summed E-state index contributed by atoms with van der Waals surface area (Å²) in [5.74, 6) is 0. The topological polar surface area (TPSA) is 29.5 Å². The minimum absolute atomic E-state index is 0.0475. The molecule has 1 atom stereocenters. The fraction of sp³-hybridized carbons (Fsp3) is 0.423. The number of rotatable bonds is 9. The Balaban J connectivity index is 2.31. The molecule has 1 N–H and O–H groups in total. The molecule has 2 aromatic rings. The second kappa shape index (κ2) is 10.8. The van der Waals surface area contributed by atoms with E-state index in [0.717, 1.165) is 12.8 Å². The number of benzene rings is 2. The van der Waals surface area contributed by atoms with E-state index in [0.29, 0.717) is 13.0 Å². The monoisotopic (exact) mass is 408 g/mol. The molecule has 2 rings (SSSR count). The Morgan fingerprint density at radius 2 is 1.55 bits per heavy atom. The van der Waals surface area contributed by atoms with Crippen molar-refractivity contribution in [2.75, 3.05) is 6.61 Å². The molecule has 2 aromatic carbocycles. The van der Waals surface area contributed by atoms with Gasteiger partial charge in [-0.15, -0.1) is 5.73 Å². The van der Waals surface area contributed by atoms with E-state index in [1.54, 1.807) is 6.08 Å². The third-order valence-electron chi connectivity index (χ3n) is 5.30. The highest BCUT2D eigenvalue weighted by Gasteiger charge is 2.49. The Kier molecular flexibility index (Phi) is 8.67. The predicted octanol–water partition coefficient (Wildman–Crippen LogP) is 5.22. The van der Waals surface area contributed by atoms with Gasteiger partial charge in [-0.3, -0.25) is 0 Å². The van der Waals surface area contributed by atoms with Crippen LogP contribution in [0.5, 0.6) is 0 Å². The maximum Gasteiger partial charge on any atom is 0.261 e. The van der Waals surface area contributed by atoms with Crippen LogP contribution in [0, 0.1) is 0 Å². The molecule has 0 aliphatic rings. The van der Waals surface area contributed by atoms with E-state index in [2.05, 4.69) is 101 Å². The van der Waals surface area contributed by atoms with Crippen LogP contribution < -0.4 is 10.4 Å². The highest BCUT2D eigenvalue weighted by molar-refractivity contribution is 6.99. The summed E-state index contributed by atoms with van der Waals surface area (Å²) >= 11 is 0. The van der Waals surface area contributed by atoms with Crippen molar-refractivity contribution in [2.24, 2.45) is 0 Å². The second-order valence-corrected chi connectivity index (χ2v) is 13.0. The first-order valence-electron chi connectivity index (χ1n) is 10.7. The highest BCUT2D eigenvalue weighted by atomic mass is 28.4. The average Bonchev–Trinajstić information content (AvgIpc) is 2.70. The van der Waals surface area contributed by atoms with Crippen LogP contribution in [0.1, 0.15) is 53.9 Å². The van der Waals surface area contributed by atoms with Gasteiger partial charge in [-0.25, -0.2) is 0 Å². The largest absolute Gasteiger partial charge is 0.407 e. The lowest BCUT2D eigenvalue weighted by molar-refractivity contribution is 0.174. The van der Waals surface area contributed by atoms with E-state index in [1.807, 2.05) is 0 Å². The van der Waals surface area contributed by atoms with Crippen molar-refractivity contribution in [3.63, 3.8) is 0 Å². The van der Waals surface area contributed by atoms with Crippen molar-refractivity contribution in [3.05, 3.63) is 78.0 Å². The quantitative estimate of drug-likeness (QED) is 0.455. The number of hydrogen-bond acceptors (Lipinski definition) is 2. The van der Waals surface area contributed by atoms with E-state index < -0.39 is 14.4 Å². The van der Waals surface area contributed by atoms with E-state index >= 15 is 0 Å². The maximum atomic E-state index is 10.4. The average molecular weight is 409 g/mol. The van der Waals surface area contributed by atoms with Gasteiger partial charge in [0.25, 0.3) is 8.32 Å². The van der Waals surface area contributed by atoms with Crippen LogP contribution in [0.25, 0.3) is 0 Å². The molecule has 0 bridgehead atoms. The van der Waals surface area contributed by atoms with Gasteiger partial charge in [0.1, 0.15) is 0 Å². The first-order chi connectivity index (χ1) is 13.8. The minimum atomic E-state index is -2.52. The van der Waals surface area contributed by atoms with Gasteiger partial charge in [-0.2, -0.15) is 0 Å². The summed E-state index contributed by atoms with van der Waals surface area (Å²) in [6.45, 7) is 11.5. The predicted molar refractivity (Wildman–Crippen MR) is 126 cm³/mol. The third-order valence-corrected chi connectivity index (χ3v) is 10.3. The van der Waals surface area contributed by atoms with Gasteiger partial charge in [0.2, 0.25) is 0 Å². The molecule has 0 spiro atoms. The molecule has 2 nitrogen and oxygen atoms in total. The molecule has 0 aliphatic carbocycles. The SMILES string of the molecule is CCCC(C)=C=C[C@@H](O)CCO[Si](c1ccccc1)(c1ccccc1)C(C)(C)C. The standard InChI is InChI=1S/C26H36O2Si/c1-6-13-22(2)18-19-23(27)20-21-28-29(26(3,4)5,24-14-9-7-10-15-24)25-16-11-8-12-17-25/h7-12,14-17,19,23,27H,6,13,20-21H2,1-5H3/t18?,23-/m1/s1. The van der Waals surface area contributed by atoms with E-state index in [9.17, 15) is 5.11 Å². The van der Waals surface area contributed by atoms with Gasteiger partial charge in [0.15, 0.2) is 0 Å². The summed E-state index contributed by atoms with van der Waals surface area (Å²) in [4.78, 5) is 0. The van der Waals surface area contributed by atoms with Gasteiger partial charge >= 0.3 is 0 Å². The first-order valence-corrected chi connectivity index (χ1v) is 12.6. The zero-order valence-corrected chi connectivity index (χ0v) is 19.6. The Labute approximate surface area is 178 Å². The molecule has 0 saturated heterocycles. The summed E-state index contributed by atoms with van der Waals surface area (Å²) in [5.41, 5.74) is 4.40. The van der Waals surface area contributed by atoms with E-state index in [-0.39, 0.29) is 5.04 Å². The molecule has 3 heteroatoms. The number of aliphatic hydroxyl groups excluding tert-OH is 1. The molecular weight excluding hydrogens is 372 g/mol. The zero-order chi connectivity index (χ0) is 21.3. The molecule has 29 heavy (non-hydrogen) atoms. The van der Waals surface area contributed by atoms with Crippen LogP contribution in [0.2, 0.25) is 5.04 Å². The summed E-state index contributed by atoms with van der Waals surface area (Å²) in [5, 5.41) is 12.9. The molecule has 156 valence electrons.